The summed E-state index contributed by atoms with van der Waals surface area (Å²) in [5, 5.41) is 17.8. The molecule has 0 amide bonds. The Bertz CT molecular complexity index is 305. The van der Waals surface area contributed by atoms with Gasteiger partial charge in [-0.3, -0.25) is 0 Å². The average molecular weight is 200 g/mol. The molecule has 0 aromatic heterocycles. The zero-order valence-electron chi connectivity index (χ0n) is 7.61. The summed E-state index contributed by atoms with van der Waals surface area (Å²) in [6.07, 6.45) is 0. The summed E-state index contributed by atoms with van der Waals surface area (Å²) >= 11 is 0. The highest BCUT2D eigenvalue weighted by Gasteiger charge is 2.17. The summed E-state index contributed by atoms with van der Waals surface area (Å²) in [7, 11) is -0.281. The van der Waals surface area contributed by atoms with Crippen molar-refractivity contribution >= 4 is 12.6 Å². The van der Waals surface area contributed by atoms with Gasteiger partial charge in [0.05, 0.1) is 0 Å². The van der Waals surface area contributed by atoms with Crippen LogP contribution in [0.25, 0.3) is 0 Å². The van der Waals surface area contributed by atoms with Crippen LogP contribution in [-0.2, 0) is 4.74 Å². The molecule has 76 valence electrons. The van der Waals surface area contributed by atoms with E-state index in [4.69, 9.17) is 14.8 Å². The lowest BCUT2D eigenvalue weighted by Crippen LogP contribution is -2.31. The van der Waals surface area contributed by atoms with Gasteiger partial charge in [-0.2, -0.15) is 0 Å². The molecule has 0 saturated heterocycles. The lowest BCUT2D eigenvalue weighted by molar-refractivity contribution is 0.0515. The lowest BCUT2D eigenvalue weighted by Gasteiger charge is -2.09. The Hall–Kier alpha value is -1.11. The van der Waals surface area contributed by atoms with Crippen molar-refractivity contribution in [2.24, 2.45) is 0 Å². The van der Waals surface area contributed by atoms with Gasteiger partial charge in [0, 0.05) is 18.6 Å². The van der Waals surface area contributed by atoms with Crippen molar-refractivity contribution in [1.29, 1.82) is 0 Å². The Morgan fingerprint density at radius 3 is 2.71 bits per heavy atom. The molecule has 0 aliphatic rings. The molecule has 0 bridgehead atoms. The lowest BCUT2D eigenvalue weighted by atomic mass is 9.79. The zero-order chi connectivity index (χ0) is 10.6. The van der Waals surface area contributed by atoms with Gasteiger partial charge in [0.15, 0.2) is 6.79 Å². The van der Waals surface area contributed by atoms with Crippen LogP contribution in [0.5, 0.6) is 5.75 Å². The van der Waals surface area contributed by atoms with Gasteiger partial charge in [-0.1, -0.05) is 6.07 Å². The first-order chi connectivity index (χ1) is 6.65. The molecule has 4 nitrogen and oxygen atoms in total. The minimum atomic E-state index is -1.69. The SMILES string of the molecule is COCOc1cc(F)ccc1B(O)O. The monoisotopic (exact) mass is 200 g/mol. The van der Waals surface area contributed by atoms with Crippen molar-refractivity contribution < 1.29 is 23.9 Å². The summed E-state index contributed by atoms with van der Waals surface area (Å²) in [5.74, 6) is -0.456. The van der Waals surface area contributed by atoms with E-state index in [0.29, 0.717) is 0 Å². The van der Waals surface area contributed by atoms with Crippen LogP contribution < -0.4 is 10.2 Å². The third-order valence-electron chi connectivity index (χ3n) is 1.59. The number of hydrogen-bond acceptors (Lipinski definition) is 4. The Balaban J connectivity index is 2.91. The zero-order valence-corrected chi connectivity index (χ0v) is 7.61. The maximum absolute atomic E-state index is 12.8. The van der Waals surface area contributed by atoms with Crippen molar-refractivity contribution in [3.63, 3.8) is 0 Å². The normalized spacial score (nSPS) is 10.0. The minimum absolute atomic E-state index is 0.0573. The van der Waals surface area contributed by atoms with Gasteiger partial charge in [-0.05, 0) is 6.07 Å². The standard InChI is InChI=1S/C8H10BFO4/c1-13-5-14-8-4-6(10)2-3-7(8)9(11)12/h2-4,11-12H,5H2,1H3. The van der Waals surface area contributed by atoms with Crippen LogP contribution in [0, 0.1) is 5.82 Å². The van der Waals surface area contributed by atoms with E-state index in [1.54, 1.807) is 0 Å². The number of hydrogen-bond donors (Lipinski definition) is 2. The summed E-state index contributed by atoms with van der Waals surface area (Å²) < 4.78 is 22.3. The molecule has 1 aromatic rings. The van der Waals surface area contributed by atoms with Gasteiger partial charge in [-0.15, -0.1) is 0 Å². The molecule has 0 unspecified atom stereocenters. The number of halogens is 1. The predicted octanol–water partition coefficient (Wildman–Crippen LogP) is -0.512. The van der Waals surface area contributed by atoms with Gasteiger partial charge < -0.3 is 19.5 Å². The second kappa shape index (κ2) is 4.95. The van der Waals surface area contributed by atoms with Crippen molar-refractivity contribution in [2.45, 2.75) is 0 Å². The Morgan fingerprint density at radius 2 is 2.14 bits per heavy atom. The fraction of sp³-hybridized carbons (Fsp3) is 0.250. The molecule has 14 heavy (non-hydrogen) atoms. The van der Waals surface area contributed by atoms with Gasteiger partial charge in [0.1, 0.15) is 11.6 Å². The molecule has 6 heteroatoms. The highest BCUT2D eigenvalue weighted by Crippen LogP contribution is 2.10. The van der Waals surface area contributed by atoms with E-state index in [9.17, 15) is 4.39 Å². The van der Waals surface area contributed by atoms with Gasteiger partial charge in [-0.25, -0.2) is 4.39 Å². The third kappa shape index (κ3) is 2.70. The van der Waals surface area contributed by atoms with Crippen LogP contribution in [0.2, 0.25) is 0 Å². The Morgan fingerprint density at radius 1 is 1.43 bits per heavy atom. The summed E-state index contributed by atoms with van der Waals surface area (Å²) in [6, 6.07) is 3.42. The quantitative estimate of drug-likeness (QED) is 0.507. The molecular weight excluding hydrogens is 190 g/mol. The maximum atomic E-state index is 12.8. The first-order valence-corrected chi connectivity index (χ1v) is 3.92. The van der Waals surface area contributed by atoms with E-state index in [1.807, 2.05) is 0 Å². The van der Waals surface area contributed by atoms with E-state index >= 15 is 0 Å². The van der Waals surface area contributed by atoms with Crippen molar-refractivity contribution in [3.8, 4) is 5.75 Å². The number of rotatable bonds is 4. The fourth-order valence-corrected chi connectivity index (χ4v) is 0.969. The molecule has 0 atom stereocenters. The van der Waals surface area contributed by atoms with Gasteiger partial charge >= 0.3 is 7.12 Å². The van der Waals surface area contributed by atoms with Gasteiger partial charge in [0.2, 0.25) is 0 Å². The number of benzene rings is 1. The van der Waals surface area contributed by atoms with Crippen LogP contribution in [0.4, 0.5) is 4.39 Å². The second-order valence-corrected chi connectivity index (χ2v) is 2.61. The molecule has 0 fully saturated rings. The van der Waals surface area contributed by atoms with E-state index in [-0.39, 0.29) is 18.0 Å². The molecule has 0 heterocycles. The summed E-state index contributed by atoms with van der Waals surface area (Å²) in [4.78, 5) is 0. The maximum Gasteiger partial charge on any atom is 0.492 e. The molecule has 0 spiro atoms. The van der Waals surface area contributed by atoms with Crippen LogP contribution >= 0.6 is 0 Å². The van der Waals surface area contributed by atoms with Crippen LogP contribution in [0.15, 0.2) is 18.2 Å². The Labute approximate surface area is 81.0 Å². The molecule has 1 aromatic carbocycles. The highest BCUT2D eigenvalue weighted by molar-refractivity contribution is 6.59. The predicted molar refractivity (Wildman–Crippen MR) is 48.7 cm³/mol. The molecule has 1 rings (SSSR count). The van der Waals surface area contributed by atoms with E-state index < -0.39 is 12.9 Å². The van der Waals surface area contributed by atoms with E-state index in [2.05, 4.69) is 4.74 Å². The molecule has 0 radical (unpaired) electrons. The average Bonchev–Trinajstić information content (AvgIpc) is 2.14. The number of ether oxygens (including phenoxy) is 2. The third-order valence-corrected chi connectivity index (χ3v) is 1.59. The Kier molecular flexibility index (Phi) is 3.88. The topological polar surface area (TPSA) is 58.9 Å². The van der Waals surface area contributed by atoms with Crippen LogP contribution in [0.1, 0.15) is 0 Å². The van der Waals surface area contributed by atoms with Crippen molar-refractivity contribution in [1.82, 2.24) is 0 Å². The van der Waals surface area contributed by atoms with Crippen molar-refractivity contribution in [3.05, 3.63) is 24.0 Å². The smallest absolute Gasteiger partial charge is 0.468 e. The molecule has 0 aliphatic carbocycles. The highest BCUT2D eigenvalue weighted by atomic mass is 19.1. The first-order valence-electron chi connectivity index (χ1n) is 3.92. The fourth-order valence-electron chi connectivity index (χ4n) is 0.969. The van der Waals surface area contributed by atoms with E-state index in [0.717, 1.165) is 12.1 Å². The van der Waals surface area contributed by atoms with Crippen LogP contribution in [0.3, 0.4) is 0 Å². The van der Waals surface area contributed by atoms with Gasteiger partial charge in [0.25, 0.3) is 0 Å². The second-order valence-electron chi connectivity index (χ2n) is 2.61. The molecule has 0 saturated carbocycles. The van der Waals surface area contributed by atoms with Crippen molar-refractivity contribution in [2.75, 3.05) is 13.9 Å². The summed E-state index contributed by atoms with van der Waals surface area (Å²) in [5.41, 5.74) is 0.100. The molecule has 0 aliphatic heterocycles. The van der Waals surface area contributed by atoms with E-state index in [1.165, 1.54) is 13.2 Å². The summed E-state index contributed by atoms with van der Waals surface area (Å²) in [6.45, 7) is -0.0802. The minimum Gasteiger partial charge on any atom is -0.468 e. The first kappa shape index (κ1) is 11.0. The largest absolute Gasteiger partial charge is 0.492 e. The molecule has 2 N–H and O–H groups in total. The van der Waals surface area contributed by atoms with Crippen LogP contribution in [-0.4, -0.2) is 31.1 Å². The molecular formula is C8H10BFO4. The number of methoxy groups -OCH3 is 1.